The highest BCUT2D eigenvalue weighted by molar-refractivity contribution is 9.10. The topological polar surface area (TPSA) is 0 Å². The SMILES string of the molecule is CC(C)(C)c1ccc(F)cc1Br. The van der Waals surface area contributed by atoms with E-state index in [0.29, 0.717) is 0 Å². The molecule has 0 saturated carbocycles. The van der Waals surface area contributed by atoms with Crippen molar-refractivity contribution in [1.29, 1.82) is 0 Å². The molecule has 0 aromatic heterocycles. The lowest BCUT2D eigenvalue weighted by molar-refractivity contribution is 0.579. The standard InChI is InChI=1S/C10H12BrF/c1-10(2,3)8-5-4-7(12)6-9(8)11/h4-6H,1-3H3. The predicted molar refractivity (Wildman–Crippen MR) is 52.8 cm³/mol. The maximum atomic E-state index is 12.7. The van der Waals surface area contributed by atoms with Crippen molar-refractivity contribution in [3.63, 3.8) is 0 Å². The van der Waals surface area contributed by atoms with Gasteiger partial charge in [0.15, 0.2) is 0 Å². The van der Waals surface area contributed by atoms with Gasteiger partial charge in [0, 0.05) is 4.47 Å². The summed E-state index contributed by atoms with van der Waals surface area (Å²) in [5, 5.41) is 0. The van der Waals surface area contributed by atoms with Gasteiger partial charge in [0.1, 0.15) is 5.82 Å². The quantitative estimate of drug-likeness (QED) is 0.635. The molecule has 0 amide bonds. The maximum absolute atomic E-state index is 12.7. The number of hydrogen-bond acceptors (Lipinski definition) is 0. The first-order valence-electron chi connectivity index (χ1n) is 3.87. The van der Waals surface area contributed by atoms with Crippen LogP contribution in [0.2, 0.25) is 0 Å². The van der Waals surface area contributed by atoms with E-state index in [9.17, 15) is 4.39 Å². The Morgan fingerprint density at radius 1 is 1.25 bits per heavy atom. The predicted octanol–water partition coefficient (Wildman–Crippen LogP) is 3.89. The summed E-state index contributed by atoms with van der Waals surface area (Å²) in [6.07, 6.45) is 0. The Kier molecular flexibility index (Phi) is 2.57. The van der Waals surface area contributed by atoms with Crippen LogP contribution in [0.4, 0.5) is 4.39 Å². The van der Waals surface area contributed by atoms with Crippen LogP contribution in [-0.2, 0) is 5.41 Å². The average Bonchev–Trinajstić information content (AvgIpc) is 1.83. The zero-order chi connectivity index (χ0) is 9.35. The molecular weight excluding hydrogens is 219 g/mol. The molecule has 0 radical (unpaired) electrons. The molecule has 0 bridgehead atoms. The Morgan fingerprint density at radius 2 is 1.83 bits per heavy atom. The first-order valence-corrected chi connectivity index (χ1v) is 4.66. The molecule has 1 rings (SSSR count). The highest BCUT2D eigenvalue weighted by Gasteiger charge is 2.16. The van der Waals surface area contributed by atoms with E-state index in [1.807, 2.05) is 6.07 Å². The van der Waals surface area contributed by atoms with Gasteiger partial charge in [0.05, 0.1) is 0 Å². The van der Waals surface area contributed by atoms with Crippen LogP contribution in [0.1, 0.15) is 26.3 Å². The van der Waals surface area contributed by atoms with Gasteiger partial charge in [-0.15, -0.1) is 0 Å². The fraction of sp³-hybridized carbons (Fsp3) is 0.400. The summed E-state index contributed by atoms with van der Waals surface area (Å²) in [5.41, 5.74) is 1.19. The second-order valence-electron chi connectivity index (χ2n) is 3.87. The van der Waals surface area contributed by atoms with E-state index in [2.05, 4.69) is 36.7 Å². The first kappa shape index (κ1) is 9.72. The van der Waals surface area contributed by atoms with Crippen molar-refractivity contribution in [2.45, 2.75) is 26.2 Å². The normalized spacial score (nSPS) is 11.8. The van der Waals surface area contributed by atoms with Gasteiger partial charge in [-0.25, -0.2) is 4.39 Å². The number of rotatable bonds is 0. The lowest BCUT2D eigenvalue weighted by Gasteiger charge is -2.20. The van der Waals surface area contributed by atoms with Gasteiger partial charge in [-0.05, 0) is 23.1 Å². The fourth-order valence-electron chi connectivity index (χ4n) is 1.10. The number of hydrogen-bond donors (Lipinski definition) is 0. The summed E-state index contributed by atoms with van der Waals surface area (Å²) in [5.74, 6) is -0.199. The van der Waals surface area contributed by atoms with Crippen LogP contribution in [0.5, 0.6) is 0 Å². The molecule has 0 unspecified atom stereocenters. The highest BCUT2D eigenvalue weighted by atomic mass is 79.9. The summed E-state index contributed by atoms with van der Waals surface area (Å²) < 4.78 is 13.5. The van der Waals surface area contributed by atoms with Gasteiger partial charge in [-0.2, -0.15) is 0 Å². The first-order chi connectivity index (χ1) is 5.41. The second kappa shape index (κ2) is 3.17. The highest BCUT2D eigenvalue weighted by Crippen LogP contribution is 2.29. The summed E-state index contributed by atoms with van der Waals surface area (Å²) in [4.78, 5) is 0. The van der Waals surface area contributed by atoms with Crippen LogP contribution in [-0.4, -0.2) is 0 Å². The van der Waals surface area contributed by atoms with Crippen molar-refractivity contribution in [3.8, 4) is 0 Å². The Morgan fingerprint density at radius 3 is 2.25 bits per heavy atom. The van der Waals surface area contributed by atoms with Crippen molar-refractivity contribution in [2.24, 2.45) is 0 Å². The third-order valence-corrected chi connectivity index (χ3v) is 2.40. The Bertz CT molecular complexity index is 286. The zero-order valence-electron chi connectivity index (χ0n) is 7.49. The average molecular weight is 231 g/mol. The molecule has 0 fully saturated rings. The van der Waals surface area contributed by atoms with E-state index in [4.69, 9.17) is 0 Å². The molecule has 66 valence electrons. The minimum atomic E-state index is -0.199. The molecule has 0 atom stereocenters. The van der Waals surface area contributed by atoms with Crippen LogP contribution in [0.25, 0.3) is 0 Å². The largest absolute Gasteiger partial charge is 0.207 e. The summed E-state index contributed by atoms with van der Waals surface area (Å²) in [6, 6.07) is 4.81. The molecule has 1 aromatic carbocycles. The van der Waals surface area contributed by atoms with Crippen LogP contribution in [0.15, 0.2) is 22.7 Å². The van der Waals surface area contributed by atoms with E-state index >= 15 is 0 Å². The molecule has 0 aliphatic carbocycles. The van der Waals surface area contributed by atoms with Crippen molar-refractivity contribution in [3.05, 3.63) is 34.1 Å². The van der Waals surface area contributed by atoms with E-state index in [1.165, 1.54) is 12.1 Å². The Hall–Kier alpha value is -0.370. The molecule has 12 heavy (non-hydrogen) atoms. The molecule has 0 saturated heterocycles. The Labute approximate surface area is 80.9 Å². The molecular formula is C10H12BrF. The molecule has 0 heterocycles. The minimum absolute atomic E-state index is 0.0620. The third-order valence-electron chi connectivity index (χ3n) is 1.74. The van der Waals surface area contributed by atoms with Crippen molar-refractivity contribution in [2.75, 3.05) is 0 Å². The molecule has 2 heteroatoms. The van der Waals surface area contributed by atoms with Crippen LogP contribution < -0.4 is 0 Å². The van der Waals surface area contributed by atoms with E-state index in [-0.39, 0.29) is 11.2 Å². The van der Waals surface area contributed by atoms with E-state index in [1.54, 1.807) is 0 Å². The summed E-state index contributed by atoms with van der Waals surface area (Å²) >= 11 is 3.34. The molecule has 0 aliphatic rings. The van der Waals surface area contributed by atoms with E-state index < -0.39 is 0 Å². The Balaban J connectivity index is 3.19. The minimum Gasteiger partial charge on any atom is -0.207 e. The lowest BCUT2D eigenvalue weighted by atomic mass is 9.87. The van der Waals surface area contributed by atoms with Crippen LogP contribution in [0.3, 0.4) is 0 Å². The second-order valence-corrected chi connectivity index (χ2v) is 4.73. The number of halogens is 2. The molecule has 0 aliphatic heterocycles. The smallest absolute Gasteiger partial charge is 0.124 e. The summed E-state index contributed by atoms with van der Waals surface area (Å²) in [6.45, 7) is 6.31. The van der Waals surface area contributed by atoms with Crippen molar-refractivity contribution < 1.29 is 4.39 Å². The molecule has 0 spiro atoms. The maximum Gasteiger partial charge on any atom is 0.124 e. The molecule has 0 N–H and O–H groups in total. The van der Waals surface area contributed by atoms with Gasteiger partial charge in [0.25, 0.3) is 0 Å². The summed E-state index contributed by atoms with van der Waals surface area (Å²) in [7, 11) is 0. The van der Waals surface area contributed by atoms with Gasteiger partial charge in [-0.3, -0.25) is 0 Å². The fourth-order valence-corrected chi connectivity index (χ4v) is 2.04. The molecule has 0 nitrogen and oxygen atoms in total. The van der Waals surface area contributed by atoms with Gasteiger partial charge in [0.2, 0.25) is 0 Å². The van der Waals surface area contributed by atoms with Gasteiger partial charge in [-0.1, -0.05) is 42.8 Å². The van der Waals surface area contributed by atoms with Crippen LogP contribution in [0, 0.1) is 5.82 Å². The van der Waals surface area contributed by atoms with Crippen molar-refractivity contribution in [1.82, 2.24) is 0 Å². The third kappa shape index (κ3) is 2.07. The number of benzene rings is 1. The van der Waals surface area contributed by atoms with Gasteiger partial charge < -0.3 is 0 Å². The monoisotopic (exact) mass is 230 g/mol. The van der Waals surface area contributed by atoms with Crippen molar-refractivity contribution >= 4 is 15.9 Å². The zero-order valence-corrected chi connectivity index (χ0v) is 9.07. The lowest BCUT2D eigenvalue weighted by Crippen LogP contribution is -2.11. The van der Waals surface area contributed by atoms with Gasteiger partial charge >= 0.3 is 0 Å². The van der Waals surface area contributed by atoms with Crippen LogP contribution >= 0.6 is 15.9 Å². The van der Waals surface area contributed by atoms with E-state index in [0.717, 1.165) is 10.0 Å². The molecule has 1 aromatic rings.